The molecule has 1 atom stereocenters. The van der Waals surface area contributed by atoms with Crippen LogP contribution in [0.4, 0.5) is 11.4 Å². The average Bonchev–Trinajstić information content (AvgIpc) is 3.31. The van der Waals surface area contributed by atoms with Crippen molar-refractivity contribution in [3.8, 4) is 0 Å². The molecule has 4 rings (SSSR count). The number of amides is 3. The molecule has 29 heavy (non-hydrogen) atoms. The van der Waals surface area contributed by atoms with Crippen LogP contribution in [0.25, 0.3) is 0 Å². The summed E-state index contributed by atoms with van der Waals surface area (Å²) in [6.45, 7) is 1.87. The fourth-order valence-electron chi connectivity index (χ4n) is 3.79. The molecule has 1 N–H and O–H groups in total. The lowest BCUT2D eigenvalue weighted by atomic mass is 10.1. The molecule has 1 saturated heterocycles. The van der Waals surface area contributed by atoms with Gasteiger partial charge < -0.3 is 15.0 Å². The number of ether oxygens (including phenoxy) is 1. The van der Waals surface area contributed by atoms with Gasteiger partial charge in [0, 0.05) is 44.5 Å². The number of carbonyl (C=O) groups is 3. The van der Waals surface area contributed by atoms with E-state index < -0.39 is 0 Å². The lowest BCUT2D eigenvalue weighted by Crippen LogP contribution is -2.32. The van der Waals surface area contributed by atoms with Crippen molar-refractivity contribution in [1.29, 1.82) is 0 Å². The summed E-state index contributed by atoms with van der Waals surface area (Å²) in [5.74, 6) is -0.930. The van der Waals surface area contributed by atoms with E-state index >= 15 is 0 Å². The highest BCUT2D eigenvalue weighted by molar-refractivity contribution is 6.21. The predicted octanol–water partition coefficient (Wildman–Crippen LogP) is 2.54. The van der Waals surface area contributed by atoms with Gasteiger partial charge in [-0.3, -0.25) is 19.3 Å². The fourth-order valence-corrected chi connectivity index (χ4v) is 3.79. The summed E-state index contributed by atoms with van der Waals surface area (Å²) in [6, 6.07) is 14.4. The molecule has 7 nitrogen and oxygen atoms in total. The highest BCUT2D eigenvalue weighted by Gasteiger charge is 2.34. The van der Waals surface area contributed by atoms with E-state index in [1.165, 1.54) is 0 Å². The molecule has 0 bridgehead atoms. The van der Waals surface area contributed by atoms with Gasteiger partial charge in [0.25, 0.3) is 11.8 Å². The molecule has 2 aromatic rings. The van der Waals surface area contributed by atoms with Gasteiger partial charge in [-0.15, -0.1) is 0 Å². The number of benzene rings is 2. The average molecular weight is 393 g/mol. The van der Waals surface area contributed by atoms with Gasteiger partial charge in [0.15, 0.2) is 0 Å². The van der Waals surface area contributed by atoms with E-state index in [0.29, 0.717) is 16.8 Å². The van der Waals surface area contributed by atoms with Gasteiger partial charge >= 0.3 is 0 Å². The zero-order valence-corrected chi connectivity index (χ0v) is 16.3. The van der Waals surface area contributed by atoms with Gasteiger partial charge in [0.2, 0.25) is 5.91 Å². The van der Waals surface area contributed by atoms with Crippen LogP contribution in [0, 0.1) is 0 Å². The summed E-state index contributed by atoms with van der Waals surface area (Å²) in [6.07, 6.45) is 1.32. The van der Waals surface area contributed by atoms with Gasteiger partial charge in [0.1, 0.15) is 0 Å². The monoisotopic (exact) mass is 393 g/mol. The number of fused-ring (bicyclic) bond motifs is 1. The predicted molar refractivity (Wildman–Crippen MR) is 109 cm³/mol. The van der Waals surface area contributed by atoms with Crippen LogP contribution in [0.15, 0.2) is 48.5 Å². The van der Waals surface area contributed by atoms with Crippen molar-refractivity contribution >= 4 is 29.1 Å². The first-order chi connectivity index (χ1) is 14.1. The zero-order valence-electron chi connectivity index (χ0n) is 16.3. The number of rotatable bonds is 6. The van der Waals surface area contributed by atoms with Crippen molar-refractivity contribution < 1.29 is 19.1 Å². The fraction of sp³-hybridized carbons (Fsp3) is 0.318. The van der Waals surface area contributed by atoms with Crippen molar-refractivity contribution in [2.24, 2.45) is 0 Å². The third-order valence-corrected chi connectivity index (χ3v) is 5.44. The smallest absolute Gasteiger partial charge is 0.261 e. The number of anilines is 2. The molecule has 2 aromatic carbocycles. The van der Waals surface area contributed by atoms with E-state index in [1.807, 2.05) is 24.3 Å². The Kier molecular flexibility index (Phi) is 5.31. The number of nitrogens with zero attached hydrogens (tertiary/aromatic N) is 2. The van der Waals surface area contributed by atoms with E-state index in [-0.39, 0.29) is 36.8 Å². The van der Waals surface area contributed by atoms with Gasteiger partial charge in [-0.2, -0.15) is 0 Å². The SMILES string of the molecule is COC1CCN(c2ccc(NC(=O)CCN3C(=O)c4ccccc4C3=O)cc2)C1. The molecule has 1 fully saturated rings. The molecule has 0 saturated carbocycles. The summed E-state index contributed by atoms with van der Waals surface area (Å²) in [4.78, 5) is 40.4. The number of methoxy groups -OCH3 is 1. The Hall–Kier alpha value is -3.19. The van der Waals surface area contributed by atoms with Crippen LogP contribution in [0.5, 0.6) is 0 Å². The van der Waals surface area contributed by atoms with Gasteiger partial charge in [0.05, 0.1) is 17.2 Å². The van der Waals surface area contributed by atoms with E-state index in [4.69, 9.17) is 4.74 Å². The maximum Gasteiger partial charge on any atom is 0.261 e. The molecule has 2 aliphatic rings. The molecule has 0 radical (unpaired) electrons. The Bertz CT molecular complexity index is 906. The summed E-state index contributed by atoms with van der Waals surface area (Å²) >= 11 is 0. The number of carbonyl (C=O) groups excluding carboxylic acids is 3. The van der Waals surface area contributed by atoms with Gasteiger partial charge in [-0.1, -0.05) is 12.1 Å². The normalized spacial score (nSPS) is 18.3. The summed E-state index contributed by atoms with van der Waals surface area (Å²) in [5, 5.41) is 2.82. The largest absolute Gasteiger partial charge is 0.380 e. The maximum absolute atomic E-state index is 12.3. The molecule has 150 valence electrons. The lowest BCUT2D eigenvalue weighted by Gasteiger charge is -2.19. The second kappa shape index (κ2) is 8.05. The Morgan fingerprint density at radius 1 is 1.07 bits per heavy atom. The summed E-state index contributed by atoms with van der Waals surface area (Å²) < 4.78 is 5.39. The summed E-state index contributed by atoms with van der Waals surface area (Å²) in [5.41, 5.74) is 2.56. The number of hydrogen-bond acceptors (Lipinski definition) is 5. The molecular weight excluding hydrogens is 370 g/mol. The van der Waals surface area contributed by atoms with Crippen molar-refractivity contribution in [3.05, 3.63) is 59.7 Å². The van der Waals surface area contributed by atoms with Crippen LogP contribution < -0.4 is 10.2 Å². The molecule has 3 amide bonds. The molecule has 0 spiro atoms. The second-order valence-corrected chi connectivity index (χ2v) is 7.24. The third-order valence-electron chi connectivity index (χ3n) is 5.44. The number of nitrogens with one attached hydrogen (secondary N) is 1. The molecule has 0 aromatic heterocycles. The minimum absolute atomic E-state index is 0.0505. The van der Waals surface area contributed by atoms with Crippen LogP contribution >= 0.6 is 0 Å². The van der Waals surface area contributed by atoms with Crippen LogP contribution in [0.3, 0.4) is 0 Å². The maximum atomic E-state index is 12.3. The molecule has 7 heteroatoms. The van der Waals surface area contributed by atoms with E-state index in [2.05, 4.69) is 10.2 Å². The van der Waals surface area contributed by atoms with Crippen LogP contribution in [-0.2, 0) is 9.53 Å². The van der Waals surface area contributed by atoms with Crippen LogP contribution in [-0.4, -0.2) is 55.5 Å². The highest BCUT2D eigenvalue weighted by atomic mass is 16.5. The lowest BCUT2D eigenvalue weighted by molar-refractivity contribution is -0.116. The van der Waals surface area contributed by atoms with E-state index in [9.17, 15) is 14.4 Å². The zero-order chi connectivity index (χ0) is 20.4. The first-order valence-corrected chi connectivity index (χ1v) is 9.69. The molecular formula is C22H23N3O4. The van der Waals surface area contributed by atoms with E-state index in [1.54, 1.807) is 31.4 Å². The second-order valence-electron chi connectivity index (χ2n) is 7.24. The van der Waals surface area contributed by atoms with Crippen molar-refractivity contribution in [2.45, 2.75) is 18.9 Å². The standard InChI is InChI=1S/C22H23N3O4/c1-29-17-10-12-24(14-17)16-8-6-15(7-9-16)23-20(26)11-13-25-21(27)18-4-2-3-5-19(18)22(25)28/h2-9,17H,10-14H2,1H3,(H,23,26). The topological polar surface area (TPSA) is 79.0 Å². The first-order valence-electron chi connectivity index (χ1n) is 9.69. The van der Waals surface area contributed by atoms with Crippen LogP contribution in [0.2, 0.25) is 0 Å². The minimum atomic E-state index is -0.345. The molecule has 2 aliphatic heterocycles. The van der Waals surface area contributed by atoms with E-state index in [0.717, 1.165) is 30.1 Å². The molecule has 0 aliphatic carbocycles. The number of hydrogen-bond donors (Lipinski definition) is 1. The molecule has 2 heterocycles. The van der Waals surface area contributed by atoms with Crippen molar-refractivity contribution in [3.63, 3.8) is 0 Å². The Labute approximate surface area is 169 Å². The van der Waals surface area contributed by atoms with Crippen LogP contribution in [0.1, 0.15) is 33.6 Å². The number of imide groups is 1. The van der Waals surface area contributed by atoms with Gasteiger partial charge in [-0.25, -0.2) is 0 Å². The first kappa shape index (κ1) is 19.1. The summed E-state index contributed by atoms with van der Waals surface area (Å²) in [7, 11) is 1.73. The Morgan fingerprint density at radius 2 is 1.72 bits per heavy atom. The minimum Gasteiger partial charge on any atom is -0.380 e. The quantitative estimate of drug-likeness (QED) is 0.763. The third kappa shape index (κ3) is 3.86. The highest BCUT2D eigenvalue weighted by Crippen LogP contribution is 2.24. The Morgan fingerprint density at radius 3 is 2.31 bits per heavy atom. The van der Waals surface area contributed by atoms with Gasteiger partial charge in [-0.05, 0) is 42.8 Å². The Balaban J connectivity index is 1.30. The molecule has 1 unspecified atom stereocenters. The van der Waals surface area contributed by atoms with Crippen molar-refractivity contribution in [1.82, 2.24) is 4.90 Å². The van der Waals surface area contributed by atoms with Crippen molar-refractivity contribution in [2.75, 3.05) is 37.0 Å².